The molecule has 2 aromatic rings. The highest BCUT2D eigenvalue weighted by Crippen LogP contribution is 2.32. The van der Waals surface area contributed by atoms with Crippen LogP contribution in [-0.2, 0) is 6.54 Å². The van der Waals surface area contributed by atoms with Gasteiger partial charge in [-0.05, 0) is 35.9 Å². The molecule has 0 radical (unpaired) electrons. The molecule has 1 heterocycles. The fourth-order valence-electron chi connectivity index (χ4n) is 2.17. The number of nitriles is 1. The van der Waals surface area contributed by atoms with E-state index in [9.17, 15) is 4.39 Å². The molecule has 0 bridgehead atoms. The Hall–Kier alpha value is -2.74. The van der Waals surface area contributed by atoms with Crippen molar-refractivity contribution in [2.45, 2.75) is 6.54 Å². The number of anilines is 1. The van der Waals surface area contributed by atoms with E-state index in [4.69, 9.17) is 14.7 Å². The number of benzene rings is 2. The van der Waals surface area contributed by atoms with Crippen molar-refractivity contribution in [2.24, 2.45) is 0 Å². The Balaban J connectivity index is 1.76. The molecule has 4 nitrogen and oxygen atoms in total. The van der Waals surface area contributed by atoms with Gasteiger partial charge in [-0.25, -0.2) is 4.39 Å². The maximum atomic E-state index is 13.3. The van der Waals surface area contributed by atoms with Gasteiger partial charge >= 0.3 is 0 Å². The van der Waals surface area contributed by atoms with Crippen LogP contribution in [0.25, 0.3) is 0 Å². The molecule has 2 aromatic carbocycles. The molecular formula is C16H13FN2O2. The summed E-state index contributed by atoms with van der Waals surface area (Å²) in [6, 6.07) is 11.7. The van der Waals surface area contributed by atoms with Crippen LogP contribution in [0.5, 0.6) is 11.5 Å². The van der Waals surface area contributed by atoms with Crippen molar-refractivity contribution >= 4 is 5.69 Å². The molecule has 1 aliphatic heterocycles. The molecule has 0 aliphatic carbocycles. The molecular weight excluding hydrogens is 271 g/mol. The summed E-state index contributed by atoms with van der Waals surface area (Å²) < 4.78 is 24.2. The first-order valence-electron chi connectivity index (χ1n) is 6.58. The molecule has 0 saturated heterocycles. The monoisotopic (exact) mass is 284 g/mol. The first-order valence-corrected chi connectivity index (χ1v) is 6.58. The van der Waals surface area contributed by atoms with Crippen LogP contribution in [0.1, 0.15) is 11.1 Å². The number of fused-ring (bicyclic) bond motifs is 1. The SMILES string of the molecule is N#Cc1ccc(F)cc1CNc1ccc2c(c1)OCCO2. The standard InChI is InChI=1S/C16H13FN2O2/c17-13-2-1-11(9-18)12(7-13)10-19-14-3-4-15-16(8-14)21-6-5-20-15/h1-4,7-8,19H,5-6,10H2. The lowest BCUT2D eigenvalue weighted by molar-refractivity contribution is 0.171. The van der Waals surface area contributed by atoms with Crippen LogP contribution < -0.4 is 14.8 Å². The summed E-state index contributed by atoms with van der Waals surface area (Å²) in [7, 11) is 0. The van der Waals surface area contributed by atoms with Gasteiger partial charge in [0.05, 0.1) is 11.6 Å². The van der Waals surface area contributed by atoms with E-state index in [-0.39, 0.29) is 5.82 Å². The summed E-state index contributed by atoms with van der Waals surface area (Å²) in [4.78, 5) is 0. The van der Waals surface area contributed by atoms with E-state index in [0.717, 1.165) is 11.4 Å². The van der Waals surface area contributed by atoms with E-state index in [0.29, 0.717) is 36.6 Å². The van der Waals surface area contributed by atoms with Crippen LogP contribution in [0.15, 0.2) is 36.4 Å². The van der Waals surface area contributed by atoms with Gasteiger partial charge in [-0.15, -0.1) is 0 Å². The van der Waals surface area contributed by atoms with Crippen molar-refractivity contribution in [3.05, 3.63) is 53.3 Å². The van der Waals surface area contributed by atoms with Crippen LogP contribution in [0, 0.1) is 17.1 Å². The summed E-state index contributed by atoms with van der Waals surface area (Å²) in [6.07, 6.45) is 0. The molecule has 3 rings (SSSR count). The van der Waals surface area contributed by atoms with Crippen molar-refractivity contribution < 1.29 is 13.9 Å². The second-order valence-corrected chi connectivity index (χ2v) is 4.63. The van der Waals surface area contributed by atoms with E-state index < -0.39 is 0 Å². The van der Waals surface area contributed by atoms with Gasteiger partial charge in [0.1, 0.15) is 19.0 Å². The Labute approximate surface area is 121 Å². The molecule has 0 spiro atoms. The Bertz CT molecular complexity index is 710. The molecule has 1 N–H and O–H groups in total. The quantitative estimate of drug-likeness (QED) is 0.941. The molecule has 106 valence electrons. The van der Waals surface area contributed by atoms with Gasteiger partial charge in [0, 0.05) is 18.3 Å². The molecule has 0 unspecified atom stereocenters. The van der Waals surface area contributed by atoms with Crippen molar-refractivity contribution in [1.82, 2.24) is 0 Å². The fraction of sp³-hybridized carbons (Fsp3) is 0.188. The zero-order valence-electron chi connectivity index (χ0n) is 11.2. The molecule has 0 saturated carbocycles. The molecule has 0 amide bonds. The predicted octanol–water partition coefficient (Wildman–Crippen LogP) is 3.08. The zero-order valence-corrected chi connectivity index (χ0v) is 11.2. The smallest absolute Gasteiger partial charge is 0.163 e. The van der Waals surface area contributed by atoms with Crippen LogP contribution in [-0.4, -0.2) is 13.2 Å². The maximum absolute atomic E-state index is 13.3. The molecule has 5 heteroatoms. The molecule has 0 atom stereocenters. The highest BCUT2D eigenvalue weighted by atomic mass is 19.1. The number of hydrogen-bond donors (Lipinski definition) is 1. The van der Waals surface area contributed by atoms with Gasteiger partial charge < -0.3 is 14.8 Å². The minimum absolute atomic E-state index is 0.354. The Kier molecular flexibility index (Phi) is 3.61. The maximum Gasteiger partial charge on any atom is 0.163 e. The van der Waals surface area contributed by atoms with Gasteiger partial charge in [-0.3, -0.25) is 0 Å². The zero-order chi connectivity index (χ0) is 14.7. The number of nitrogens with one attached hydrogen (secondary N) is 1. The molecule has 0 fully saturated rings. The first-order chi connectivity index (χ1) is 10.3. The summed E-state index contributed by atoms with van der Waals surface area (Å²) >= 11 is 0. The lowest BCUT2D eigenvalue weighted by atomic mass is 10.1. The summed E-state index contributed by atoms with van der Waals surface area (Å²) in [6.45, 7) is 1.44. The average molecular weight is 284 g/mol. The molecule has 0 aromatic heterocycles. The van der Waals surface area contributed by atoms with Crippen LogP contribution in [0.3, 0.4) is 0 Å². The first kappa shape index (κ1) is 13.3. The Morgan fingerprint density at radius 1 is 1.10 bits per heavy atom. The van der Waals surface area contributed by atoms with Gasteiger partial charge in [-0.1, -0.05) is 0 Å². The van der Waals surface area contributed by atoms with E-state index in [1.54, 1.807) is 0 Å². The number of rotatable bonds is 3. The summed E-state index contributed by atoms with van der Waals surface area (Å²) in [5.41, 5.74) is 1.90. The van der Waals surface area contributed by atoms with Crippen molar-refractivity contribution in [1.29, 1.82) is 5.26 Å². The normalized spacial score (nSPS) is 12.6. The van der Waals surface area contributed by atoms with Crippen LogP contribution >= 0.6 is 0 Å². The fourth-order valence-corrected chi connectivity index (χ4v) is 2.17. The predicted molar refractivity (Wildman–Crippen MR) is 75.9 cm³/mol. The lowest BCUT2D eigenvalue weighted by Gasteiger charge is -2.19. The Morgan fingerprint density at radius 3 is 2.71 bits per heavy atom. The average Bonchev–Trinajstić information content (AvgIpc) is 2.53. The van der Waals surface area contributed by atoms with E-state index >= 15 is 0 Å². The van der Waals surface area contributed by atoms with Crippen molar-refractivity contribution in [3.8, 4) is 17.6 Å². The van der Waals surface area contributed by atoms with Crippen LogP contribution in [0.4, 0.5) is 10.1 Å². The van der Waals surface area contributed by atoms with Crippen LogP contribution in [0.2, 0.25) is 0 Å². The minimum atomic E-state index is -0.354. The van der Waals surface area contributed by atoms with E-state index in [2.05, 4.69) is 11.4 Å². The highest BCUT2D eigenvalue weighted by Gasteiger charge is 2.12. The topological polar surface area (TPSA) is 54.3 Å². The Morgan fingerprint density at radius 2 is 1.90 bits per heavy atom. The third-order valence-electron chi connectivity index (χ3n) is 3.21. The number of nitrogens with zero attached hydrogens (tertiary/aromatic N) is 1. The van der Waals surface area contributed by atoms with Gasteiger partial charge in [-0.2, -0.15) is 5.26 Å². The molecule has 1 aliphatic rings. The minimum Gasteiger partial charge on any atom is -0.486 e. The largest absolute Gasteiger partial charge is 0.486 e. The second-order valence-electron chi connectivity index (χ2n) is 4.63. The van der Waals surface area contributed by atoms with Gasteiger partial charge in [0.15, 0.2) is 11.5 Å². The third-order valence-corrected chi connectivity index (χ3v) is 3.21. The second kappa shape index (κ2) is 5.71. The van der Waals surface area contributed by atoms with Gasteiger partial charge in [0.25, 0.3) is 0 Å². The van der Waals surface area contributed by atoms with Gasteiger partial charge in [0.2, 0.25) is 0 Å². The summed E-state index contributed by atoms with van der Waals surface area (Å²) in [5.74, 6) is 1.05. The lowest BCUT2D eigenvalue weighted by Crippen LogP contribution is -2.15. The number of hydrogen-bond acceptors (Lipinski definition) is 4. The number of halogens is 1. The van der Waals surface area contributed by atoms with Crippen molar-refractivity contribution in [2.75, 3.05) is 18.5 Å². The van der Waals surface area contributed by atoms with Crippen molar-refractivity contribution in [3.63, 3.8) is 0 Å². The summed E-state index contributed by atoms with van der Waals surface area (Å²) in [5, 5.41) is 12.2. The molecule has 21 heavy (non-hydrogen) atoms. The highest BCUT2D eigenvalue weighted by molar-refractivity contribution is 5.55. The third kappa shape index (κ3) is 2.90. The van der Waals surface area contributed by atoms with E-state index in [1.165, 1.54) is 18.2 Å². The van der Waals surface area contributed by atoms with E-state index in [1.807, 2.05) is 18.2 Å². The number of ether oxygens (including phenoxy) is 2.